The van der Waals surface area contributed by atoms with Gasteiger partial charge in [0.25, 0.3) is 0 Å². The summed E-state index contributed by atoms with van der Waals surface area (Å²) in [6.07, 6.45) is 0.696. The third-order valence-electron chi connectivity index (χ3n) is 6.33. The van der Waals surface area contributed by atoms with Crippen molar-refractivity contribution in [2.75, 3.05) is 26.0 Å². The molecule has 5 N–H and O–H groups in total. The molecule has 5 rings (SSSR count). The lowest BCUT2D eigenvalue weighted by Crippen LogP contribution is -2.55. The van der Waals surface area contributed by atoms with Crippen LogP contribution in [0.1, 0.15) is 0 Å². The van der Waals surface area contributed by atoms with Crippen LogP contribution in [0.25, 0.3) is 0 Å². The van der Waals surface area contributed by atoms with E-state index in [1.165, 1.54) is 18.9 Å². The van der Waals surface area contributed by atoms with E-state index in [0.29, 0.717) is 6.54 Å². The lowest BCUT2D eigenvalue weighted by Gasteiger charge is -2.39. The lowest BCUT2D eigenvalue weighted by molar-refractivity contribution is -0.137. The Bertz CT molecular complexity index is 1060. The first-order chi connectivity index (χ1) is 14.9. The summed E-state index contributed by atoms with van der Waals surface area (Å²) < 4.78 is 11.0. The summed E-state index contributed by atoms with van der Waals surface area (Å²) >= 11 is 1.33. The zero-order valence-electron chi connectivity index (χ0n) is 16.7. The van der Waals surface area contributed by atoms with Crippen molar-refractivity contribution in [1.82, 2.24) is 15.2 Å². The van der Waals surface area contributed by atoms with Gasteiger partial charge in [0.05, 0.1) is 28.4 Å². The van der Waals surface area contributed by atoms with Gasteiger partial charge in [0.15, 0.2) is 5.72 Å². The maximum Gasteiger partial charge on any atom is 0.404 e. The number of hydrogen-bond donors (Lipinski definition) is 3. The molecule has 0 saturated carbocycles. The fourth-order valence-corrected chi connectivity index (χ4v) is 5.85. The first-order valence-corrected chi connectivity index (χ1v) is 10.8. The second kappa shape index (κ2) is 7.08. The third kappa shape index (κ3) is 2.80. The molecule has 4 atom stereocenters. The molecule has 31 heavy (non-hydrogen) atoms. The molecular formula is C20H21N5O5S. The highest BCUT2D eigenvalue weighted by molar-refractivity contribution is 7.99. The molecule has 4 heterocycles. The predicted molar refractivity (Wildman–Crippen MR) is 109 cm³/mol. The number of aromatic nitrogens is 1. The van der Waals surface area contributed by atoms with E-state index in [1.807, 2.05) is 17.0 Å². The summed E-state index contributed by atoms with van der Waals surface area (Å²) in [6.45, 7) is 0.317. The molecule has 2 fully saturated rings. The molecule has 1 aromatic rings. The van der Waals surface area contributed by atoms with Gasteiger partial charge < -0.3 is 31.2 Å². The van der Waals surface area contributed by atoms with Gasteiger partial charge >= 0.3 is 6.09 Å². The van der Waals surface area contributed by atoms with Crippen LogP contribution in [0.4, 0.5) is 4.79 Å². The van der Waals surface area contributed by atoms with Crippen molar-refractivity contribution < 1.29 is 23.9 Å². The first kappa shape index (κ1) is 20.0. The van der Waals surface area contributed by atoms with Gasteiger partial charge in [-0.05, 0) is 12.1 Å². The van der Waals surface area contributed by atoms with Crippen LogP contribution >= 0.6 is 11.8 Å². The Labute approximate surface area is 182 Å². The molecule has 10 nitrogen and oxygen atoms in total. The molecule has 0 bridgehead atoms. The molecule has 0 unspecified atom stereocenters. The largest absolute Gasteiger partial charge is 0.449 e. The van der Waals surface area contributed by atoms with Gasteiger partial charge in [0.2, 0.25) is 11.6 Å². The molecule has 162 valence electrons. The number of thioether (sulfide) groups is 1. The Morgan fingerprint density at radius 3 is 2.87 bits per heavy atom. The second-order valence-corrected chi connectivity index (χ2v) is 8.77. The Morgan fingerprint density at radius 1 is 1.39 bits per heavy atom. The quantitative estimate of drug-likeness (QED) is 0.297. The van der Waals surface area contributed by atoms with Crippen LogP contribution < -0.4 is 16.8 Å². The van der Waals surface area contributed by atoms with E-state index in [4.69, 9.17) is 20.9 Å². The summed E-state index contributed by atoms with van der Waals surface area (Å²) in [5, 5.41) is 4.03. The van der Waals surface area contributed by atoms with Crippen molar-refractivity contribution in [2.45, 2.75) is 22.8 Å². The van der Waals surface area contributed by atoms with Crippen molar-refractivity contribution in [3.05, 3.63) is 46.9 Å². The van der Waals surface area contributed by atoms with Crippen molar-refractivity contribution in [1.29, 1.82) is 0 Å². The topological polar surface area (TPSA) is 160 Å². The number of ketones is 2. The van der Waals surface area contributed by atoms with Gasteiger partial charge in [-0.25, -0.2) is 9.78 Å². The molecule has 0 spiro atoms. The minimum Gasteiger partial charge on any atom is -0.449 e. The highest BCUT2D eigenvalue weighted by Gasteiger charge is 2.72. The maximum atomic E-state index is 13.6. The molecule has 0 radical (unpaired) electrons. The van der Waals surface area contributed by atoms with E-state index in [2.05, 4.69) is 10.3 Å². The zero-order chi connectivity index (χ0) is 21.9. The van der Waals surface area contributed by atoms with Crippen molar-refractivity contribution in [3.63, 3.8) is 0 Å². The minimum absolute atomic E-state index is 0.0935. The van der Waals surface area contributed by atoms with Crippen LogP contribution in [0.5, 0.6) is 0 Å². The smallest absolute Gasteiger partial charge is 0.404 e. The second-order valence-electron chi connectivity index (χ2n) is 7.77. The number of piperazine rings is 1. The standard InChI is InChI=1S/C20H21N5O5S/c1-29-20-10(7-30-19(22)28)13-15(25(20)6-11-18(20)24-11)16(26)9(14(21)17(13)27)8-31-12-4-2-3-5-23-12/h2-5,10-11,18,24H,6-8,21H2,1H3,(H2,22,28)/t10-,11+,18+,20-/m1/s1. The fourth-order valence-electron chi connectivity index (χ4n) is 4.96. The number of carbonyl (C=O) groups is 3. The number of pyridine rings is 1. The monoisotopic (exact) mass is 443 g/mol. The molecule has 3 aliphatic heterocycles. The molecule has 1 amide bonds. The SMILES string of the molecule is CO[C@@]12[C@H](COC(N)=O)C3=C(C(=O)C(CSc4ccccn4)=C(N)C3=O)N1C[C@@H]1N[C@@H]12. The summed E-state index contributed by atoms with van der Waals surface area (Å²) in [4.78, 5) is 44.3. The Balaban J connectivity index is 1.51. The van der Waals surface area contributed by atoms with Crippen LogP contribution in [0.2, 0.25) is 0 Å². The number of methoxy groups -OCH3 is 1. The molecule has 0 aromatic carbocycles. The van der Waals surface area contributed by atoms with Gasteiger partial charge in [-0.15, -0.1) is 11.8 Å². The summed E-state index contributed by atoms with van der Waals surface area (Å²) in [5.74, 6) is -1.22. The van der Waals surface area contributed by atoms with Crippen LogP contribution in [0, 0.1) is 5.92 Å². The van der Waals surface area contributed by atoms with E-state index in [0.717, 1.165) is 5.03 Å². The highest BCUT2D eigenvalue weighted by atomic mass is 32.2. The number of nitrogens with zero attached hydrogens (tertiary/aromatic N) is 2. The molecule has 1 aliphatic carbocycles. The van der Waals surface area contributed by atoms with Gasteiger partial charge in [0.1, 0.15) is 6.61 Å². The average Bonchev–Trinajstić information content (AvgIpc) is 3.37. The number of ether oxygens (including phenoxy) is 2. The van der Waals surface area contributed by atoms with E-state index in [1.54, 1.807) is 12.3 Å². The number of Topliss-reactive ketones (excluding diaryl/α,β-unsaturated/α-hetero) is 2. The van der Waals surface area contributed by atoms with Crippen molar-refractivity contribution in [2.24, 2.45) is 17.4 Å². The number of fused-ring (bicyclic) bond motifs is 4. The molecular weight excluding hydrogens is 422 g/mol. The van der Waals surface area contributed by atoms with E-state index in [-0.39, 0.29) is 52.8 Å². The molecule has 1 aromatic heterocycles. The summed E-state index contributed by atoms with van der Waals surface area (Å²) in [6, 6.07) is 5.50. The zero-order valence-corrected chi connectivity index (χ0v) is 17.5. The summed E-state index contributed by atoms with van der Waals surface area (Å²) in [7, 11) is 1.52. The normalized spacial score (nSPS) is 31.0. The van der Waals surface area contributed by atoms with Gasteiger partial charge in [-0.3, -0.25) is 9.59 Å². The first-order valence-electron chi connectivity index (χ1n) is 9.77. The molecule has 4 aliphatic rings. The highest BCUT2D eigenvalue weighted by Crippen LogP contribution is 2.55. The Kier molecular flexibility index (Phi) is 4.57. The Morgan fingerprint density at radius 2 is 2.19 bits per heavy atom. The minimum atomic E-state index is -1.01. The van der Waals surface area contributed by atoms with Crippen LogP contribution in [0.3, 0.4) is 0 Å². The van der Waals surface area contributed by atoms with Gasteiger partial charge in [-0.2, -0.15) is 0 Å². The third-order valence-corrected chi connectivity index (χ3v) is 7.30. The van der Waals surface area contributed by atoms with Crippen molar-refractivity contribution >= 4 is 29.4 Å². The molecule has 2 saturated heterocycles. The van der Waals surface area contributed by atoms with E-state index < -0.39 is 23.5 Å². The number of carbonyl (C=O) groups excluding carboxylic acids is 3. The van der Waals surface area contributed by atoms with Gasteiger partial charge in [-0.1, -0.05) is 6.07 Å². The van der Waals surface area contributed by atoms with E-state index >= 15 is 0 Å². The number of allylic oxidation sites excluding steroid dienone is 2. The number of amides is 1. The summed E-state index contributed by atoms with van der Waals surface area (Å²) in [5.41, 5.74) is 11.0. The number of hydrogen-bond acceptors (Lipinski definition) is 10. The van der Waals surface area contributed by atoms with Crippen molar-refractivity contribution in [3.8, 4) is 0 Å². The Hall–Kier alpha value is -2.89. The number of nitrogens with one attached hydrogen (secondary N) is 1. The van der Waals surface area contributed by atoms with Gasteiger partial charge in [0, 0.05) is 42.8 Å². The van der Waals surface area contributed by atoms with E-state index in [9.17, 15) is 14.4 Å². The predicted octanol–water partition coefficient (Wildman–Crippen LogP) is -0.484. The maximum absolute atomic E-state index is 13.6. The van der Waals surface area contributed by atoms with Crippen LogP contribution in [0.15, 0.2) is 52.0 Å². The molecule has 11 heteroatoms. The average molecular weight is 443 g/mol. The number of primary amides is 1. The fraction of sp³-hybridized carbons (Fsp3) is 0.400. The van der Waals surface area contributed by atoms with Crippen LogP contribution in [-0.4, -0.2) is 71.4 Å². The number of nitrogens with two attached hydrogens (primary N) is 2. The number of rotatable bonds is 6. The van der Waals surface area contributed by atoms with Crippen LogP contribution in [-0.2, 0) is 19.1 Å². The lowest BCUT2D eigenvalue weighted by atomic mass is 9.82.